The van der Waals surface area contributed by atoms with E-state index in [1.165, 1.54) is 5.56 Å². The van der Waals surface area contributed by atoms with E-state index in [9.17, 15) is 4.79 Å². The first-order chi connectivity index (χ1) is 8.18. The van der Waals surface area contributed by atoms with Gasteiger partial charge in [-0.05, 0) is 31.7 Å². The summed E-state index contributed by atoms with van der Waals surface area (Å²) in [4.78, 5) is 11.5. The average Bonchev–Trinajstić information content (AvgIpc) is 2.30. The fourth-order valence-electron chi connectivity index (χ4n) is 1.66. The molecule has 1 amide bonds. The third kappa shape index (κ3) is 6.74. The normalized spacial score (nSPS) is 12.1. The third-order valence-corrected chi connectivity index (χ3v) is 2.64. The van der Waals surface area contributed by atoms with Crippen LogP contribution in [0.2, 0.25) is 0 Å². The van der Waals surface area contributed by atoms with Crippen molar-refractivity contribution in [3.8, 4) is 0 Å². The van der Waals surface area contributed by atoms with Crippen LogP contribution in [0.4, 0.5) is 0 Å². The molecular weight excluding hydrogens is 212 g/mol. The highest BCUT2D eigenvalue weighted by Gasteiger charge is 2.02. The molecule has 1 aromatic carbocycles. The molecule has 0 aliphatic carbocycles. The lowest BCUT2D eigenvalue weighted by Crippen LogP contribution is -2.26. The summed E-state index contributed by atoms with van der Waals surface area (Å²) in [7, 11) is 0. The van der Waals surface area contributed by atoms with Gasteiger partial charge in [0.1, 0.15) is 0 Å². The zero-order chi connectivity index (χ0) is 12.5. The maximum atomic E-state index is 11.5. The maximum absolute atomic E-state index is 11.5. The van der Waals surface area contributed by atoms with E-state index in [1.54, 1.807) is 0 Å². The molecule has 0 radical (unpaired) electrons. The molecular formula is C14H22N2O. The number of benzene rings is 1. The lowest BCUT2D eigenvalue weighted by Gasteiger charge is -2.06. The molecule has 1 rings (SSSR count). The number of nitrogens with two attached hydrogens (primary N) is 1. The molecule has 1 atom stereocenters. The van der Waals surface area contributed by atoms with Gasteiger partial charge in [0.25, 0.3) is 0 Å². The fraction of sp³-hybridized carbons (Fsp3) is 0.500. The number of hydrogen-bond acceptors (Lipinski definition) is 2. The van der Waals surface area contributed by atoms with Crippen LogP contribution in [0.15, 0.2) is 30.3 Å². The molecule has 0 saturated carbocycles. The first kappa shape index (κ1) is 13.7. The maximum Gasteiger partial charge on any atom is 0.220 e. The monoisotopic (exact) mass is 234 g/mol. The molecule has 0 spiro atoms. The van der Waals surface area contributed by atoms with Crippen LogP contribution in [0.5, 0.6) is 0 Å². The van der Waals surface area contributed by atoms with Gasteiger partial charge in [-0.1, -0.05) is 30.3 Å². The van der Waals surface area contributed by atoms with Gasteiger partial charge in [-0.3, -0.25) is 4.79 Å². The fourth-order valence-corrected chi connectivity index (χ4v) is 1.66. The van der Waals surface area contributed by atoms with E-state index in [2.05, 4.69) is 17.4 Å². The Balaban J connectivity index is 2.08. The van der Waals surface area contributed by atoms with E-state index in [4.69, 9.17) is 5.73 Å². The zero-order valence-electron chi connectivity index (χ0n) is 10.5. The van der Waals surface area contributed by atoms with E-state index in [0.29, 0.717) is 13.0 Å². The third-order valence-electron chi connectivity index (χ3n) is 2.64. The molecule has 1 unspecified atom stereocenters. The molecule has 0 heterocycles. The van der Waals surface area contributed by atoms with Crippen molar-refractivity contribution in [2.45, 2.75) is 38.6 Å². The number of nitrogens with one attached hydrogen (secondary N) is 1. The summed E-state index contributed by atoms with van der Waals surface area (Å²) < 4.78 is 0. The minimum absolute atomic E-state index is 0.126. The van der Waals surface area contributed by atoms with Crippen molar-refractivity contribution >= 4 is 5.91 Å². The second-order valence-electron chi connectivity index (χ2n) is 4.46. The number of amides is 1. The van der Waals surface area contributed by atoms with Gasteiger partial charge in [-0.25, -0.2) is 0 Å². The SMILES string of the molecule is CC(N)CCCC(=O)NCCc1ccccc1. The number of carbonyl (C=O) groups is 1. The molecule has 0 aliphatic rings. The van der Waals surface area contributed by atoms with Crippen molar-refractivity contribution in [2.24, 2.45) is 5.73 Å². The molecule has 0 aromatic heterocycles. The van der Waals surface area contributed by atoms with E-state index < -0.39 is 0 Å². The molecule has 0 saturated heterocycles. The summed E-state index contributed by atoms with van der Waals surface area (Å²) in [5.74, 6) is 0.126. The van der Waals surface area contributed by atoms with Gasteiger partial charge in [0.2, 0.25) is 5.91 Å². The Hall–Kier alpha value is -1.35. The second kappa shape index (κ2) is 7.85. The van der Waals surface area contributed by atoms with Gasteiger partial charge in [-0.15, -0.1) is 0 Å². The Kier molecular flexibility index (Phi) is 6.33. The first-order valence-corrected chi connectivity index (χ1v) is 6.24. The summed E-state index contributed by atoms with van der Waals surface area (Å²) >= 11 is 0. The highest BCUT2D eigenvalue weighted by atomic mass is 16.1. The summed E-state index contributed by atoms with van der Waals surface area (Å²) in [6.07, 6.45) is 3.25. The summed E-state index contributed by atoms with van der Waals surface area (Å²) in [5.41, 5.74) is 6.88. The van der Waals surface area contributed by atoms with Crippen LogP contribution in [0.3, 0.4) is 0 Å². The largest absolute Gasteiger partial charge is 0.356 e. The molecule has 0 bridgehead atoms. The van der Waals surface area contributed by atoms with Crippen molar-refractivity contribution in [2.75, 3.05) is 6.54 Å². The van der Waals surface area contributed by atoms with Crippen LogP contribution in [0.1, 0.15) is 31.7 Å². The molecule has 94 valence electrons. The highest BCUT2D eigenvalue weighted by Crippen LogP contribution is 2.00. The van der Waals surface area contributed by atoms with Crippen LogP contribution < -0.4 is 11.1 Å². The van der Waals surface area contributed by atoms with Crippen LogP contribution in [0.25, 0.3) is 0 Å². The Morgan fingerprint density at radius 3 is 2.71 bits per heavy atom. The number of rotatable bonds is 7. The van der Waals surface area contributed by atoms with Crippen LogP contribution >= 0.6 is 0 Å². The summed E-state index contributed by atoms with van der Waals surface area (Å²) in [6.45, 7) is 2.67. The Labute approximate surface area is 103 Å². The first-order valence-electron chi connectivity index (χ1n) is 6.24. The molecule has 1 aromatic rings. The van der Waals surface area contributed by atoms with Crippen molar-refractivity contribution in [1.29, 1.82) is 0 Å². The lowest BCUT2D eigenvalue weighted by atomic mass is 10.1. The van der Waals surface area contributed by atoms with E-state index in [-0.39, 0.29) is 11.9 Å². The number of hydrogen-bond donors (Lipinski definition) is 2. The lowest BCUT2D eigenvalue weighted by molar-refractivity contribution is -0.121. The molecule has 3 heteroatoms. The standard InChI is InChI=1S/C14H22N2O/c1-12(15)6-5-9-14(17)16-11-10-13-7-3-2-4-8-13/h2-4,7-8,12H,5-6,9-11,15H2,1H3,(H,16,17). The quantitative estimate of drug-likeness (QED) is 0.756. The zero-order valence-corrected chi connectivity index (χ0v) is 10.5. The molecule has 0 fully saturated rings. The molecule has 0 aliphatic heterocycles. The van der Waals surface area contributed by atoms with Crippen LogP contribution in [0, 0.1) is 0 Å². The van der Waals surface area contributed by atoms with E-state index in [0.717, 1.165) is 19.3 Å². The molecule has 17 heavy (non-hydrogen) atoms. The summed E-state index contributed by atoms with van der Waals surface area (Å²) in [6, 6.07) is 10.4. The number of carbonyl (C=O) groups excluding carboxylic acids is 1. The van der Waals surface area contributed by atoms with Gasteiger partial charge in [0, 0.05) is 19.0 Å². The van der Waals surface area contributed by atoms with Gasteiger partial charge in [0.15, 0.2) is 0 Å². The smallest absolute Gasteiger partial charge is 0.220 e. The van der Waals surface area contributed by atoms with Crippen molar-refractivity contribution in [1.82, 2.24) is 5.32 Å². The van der Waals surface area contributed by atoms with E-state index >= 15 is 0 Å². The van der Waals surface area contributed by atoms with Crippen LogP contribution in [-0.4, -0.2) is 18.5 Å². The molecule has 3 nitrogen and oxygen atoms in total. The van der Waals surface area contributed by atoms with Crippen molar-refractivity contribution < 1.29 is 4.79 Å². The Morgan fingerprint density at radius 1 is 1.35 bits per heavy atom. The van der Waals surface area contributed by atoms with Gasteiger partial charge < -0.3 is 11.1 Å². The van der Waals surface area contributed by atoms with Gasteiger partial charge >= 0.3 is 0 Å². The van der Waals surface area contributed by atoms with Gasteiger partial charge in [-0.2, -0.15) is 0 Å². The highest BCUT2D eigenvalue weighted by molar-refractivity contribution is 5.75. The minimum atomic E-state index is 0.126. The van der Waals surface area contributed by atoms with Crippen molar-refractivity contribution in [3.63, 3.8) is 0 Å². The minimum Gasteiger partial charge on any atom is -0.356 e. The van der Waals surface area contributed by atoms with E-state index in [1.807, 2.05) is 25.1 Å². The average molecular weight is 234 g/mol. The van der Waals surface area contributed by atoms with Gasteiger partial charge in [0.05, 0.1) is 0 Å². The molecule has 3 N–H and O–H groups in total. The predicted octanol–water partition coefficient (Wildman–Crippen LogP) is 1.86. The van der Waals surface area contributed by atoms with Crippen molar-refractivity contribution in [3.05, 3.63) is 35.9 Å². The second-order valence-corrected chi connectivity index (χ2v) is 4.46. The Morgan fingerprint density at radius 2 is 2.06 bits per heavy atom. The predicted molar refractivity (Wildman–Crippen MR) is 70.7 cm³/mol. The summed E-state index contributed by atoms with van der Waals surface area (Å²) in [5, 5.41) is 2.93. The topological polar surface area (TPSA) is 55.1 Å². The Bertz CT molecular complexity index is 322. The van der Waals surface area contributed by atoms with Crippen LogP contribution in [-0.2, 0) is 11.2 Å².